The summed E-state index contributed by atoms with van der Waals surface area (Å²) in [6.45, 7) is 0.403. The van der Waals surface area contributed by atoms with Gasteiger partial charge in [-0.3, -0.25) is 9.59 Å². The van der Waals surface area contributed by atoms with Gasteiger partial charge >= 0.3 is 0 Å². The number of benzene rings is 2. The number of para-hydroxylation sites is 1. The van der Waals surface area contributed by atoms with Crippen molar-refractivity contribution in [3.63, 3.8) is 0 Å². The van der Waals surface area contributed by atoms with E-state index < -0.39 is 6.04 Å². The molecule has 5 rings (SSSR count). The molecule has 1 aromatic heterocycles. The van der Waals surface area contributed by atoms with Gasteiger partial charge in [-0.2, -0.15) is 5.10 Å². The van der Waals surface area contributed by atoms with Crippen molar-refractivity contribution in [2.75, 3.05) is 25.5 Å². The van der Waals surface area contributed by atoms with Crippen LogP contribution in [0.3, 0.4) is 0 Å². The number of anilines is 1. The van der Waals surface area contributed by atoms with Gasteiger partial charge in [0, 0.05) is 42.8 Å². The molecule has 0 radical (unpaired) electrons. The van der Waals surface area contributed by atoms with Crippen LogP contribution in [-0.4, -0.2) is 59.6 Å². The molecule has 2 aliphatic rings. The summed E-state index contributed by atoms with van der Waals surface area (Å²) in [6, 6.07) is 15.4. The van der Waals surface area contributed by atoms with Crippen LogP contribution in [0, 0.1) is 0 Å². The average molecular weight is 401 g/mol. The summed E-state index contributed by atoms with van der Waals surface area (Å²) in [5.41, 5.74) is 5.15. The summed E-state index contributed by atoms with van der Waals surface area (Å²) in [7, 11) is 3.96. The lowest BCUT2D eigenvalue weighted by Gasteiger charge is -2.40. The van der Waals surface area contributed by atoms with Crippen LogP contribution >= 0.6 is 0 Å². The average Bonchev–Trinajstić information content (AvgIpc) is 3.12. The molecule has 7 heteroatoms. The molecular formula is C23H23N5O2. The second-order valence-corrected chi connectivity index (χ2v) is 8.00. The minimum atomic E-state index is -0.508. The zero-order valence-corrected chi connectivity index (χ0v) is 17.0. The first-order valence-corrected chi connectivity index (χ1v) is 10.0. The summed E-state index contributed by atoms with van der Waals surface area (Å²) in [6.07, 6.45) is 2.15. The molecular weight excluding hydrogens is 378 g/mol. The number of rotatable bonds is 3. The zero-order chi connectivity index (χ0) is 20.8. The Bertz CT molecular complexity index is 1160. The molecule has 0 saturated carbocycles. The minimum Gasteiger partial charge on any atom is -0.378 e. The topological polar surface area (TPSA) is 72.0 Å². The number of piperazine rings is 1. The summed E-state index contributed by atoms with van der Waals surface area (Å²) < 4.78 is 0. The Morgan fingerprint density at radius 2 is 1.83 bits per heavy atom. The molecule has 0 bridgehead atoms. The second kappa shape index (κ2) is 7.02. The molecule has 2 aromatic carbocycles. The number of hydrogen-bond acceptors (Lipinski definition) is 4. The number of carbonyl (C=O) groups is 2. The molecule has 2 amide bonds. The standard InChI is InChI=1S/C23H23N5O2/c1-26(2)16-9-7-15(8-10-16)12-24-28-14-22(29)27-13-20-18(11-21(27)23(28)30)17-5-3-4-6-19(17)25-20/h3-10,12,21,25H,11,13-14H2,1-2H3/b24-12+/t21-/m0/s1. The largest absolute Gasteiger partial charge is 0.378 e. The number of hydrazone groups is 1. The van der Waals surface area contributed by atoms with E-state index >= 15 is 0 Å². The van der Waals surface area contributed by atoms with Gasteiger partial charge in [0.05, 0.1) is 12.8 Å². The molecule has 3 aromatic rings. The Balaban J connectivity index is 1.39. The van der Waals surface area contributed by atoms with E-state index in [1.165, 1.54) is 5.01 Å². The van der Waals surface area contributed by atoms with Gasteiger partial charge < -0.3 is 14.8 Å². The van der Waals surface area contributed by atoms with Gasteiger partial charge in [0.15, 0.2) is 0 Å². The summed E-state index contributed by atoms with van der Waals surface area (Å²) in [5, 5.41) is 6.77. The maximum Gasteiger partial charge on any atom is 0.266 e. The molecule has 7 nitrogen and oxygen atoms in total. The number of carbonyl (C=O) groups excluding carboxylic acids is 2. The molecule has 30 heavy (non-hydrogen) atoms. The van der Waals surface area contributed by atoms with Crippen LogP contribution in [0.15, 0.2) is 53.6 Å². The van der Waals surface area contributed by atoms with Crippen LogP contribution in [0.5, 0.6) is 0 Å². The number of fused-ring (bicyclic) bond motifs is 4. The fraction of sp³-hybridized carbons (Fsp3) is 0.261. The Kier molecular flexibility index (Phi) is 4.31. The lowest BCUT2D eigenvalue weighted by molar-refractivity contribution is -0.157. The van der Waals surface area contributed by atoms with Gasteiger partial charge in [-0.25, -0.2) is 5.01 Å². The minimum absolute atomic E-state index is 0.0306. The summed E-state index contributed by atoms with van der Waals surface area (Å²) >= 11 is 0. The van der Waals surface area contributed by atoms with E-state index in [0.717, 1.165) is 33.4 Å². The van der Waals surface area contributed by atoms with E-state index in [2.05, 4.69) is 16.2 Å². The highest BCUT2D eigenvalue weighted by Crippen LogP contribution is 2.32. The van der Waals surface area contributed by atoms with Crippen molar-refractivity contribution in [2.24, 2.45) is 5.10 Å². The molecule has 0 spiro atoms. The molecule has 0 aliphatic carbocycles. The summed E-state index contributed by atoms with van der Waals surface area (Å²) in [5.74, 6) is -0.212. The molecule has 1 saturated heterocycles. The first-order chi connectivity index (χ1) is 14.5. The Hall–Kier alpha value is -3.61. The SMILES string of the molecule is CN(C)c1ccc(/C=N/N2CC(=O)N3Cc4[nH]c5ccccc5c4C[C@H]3C2=O)cc1. The Morgan fingerprint density at radius 1 is 1.07 bits per heavy atom. The number of nitrogens with one attached hydrogen (secondary N) is 1. The highest BCUT2D eigenvalue weighted by atomic mass is 16.2. The van der Waals surface area contributed by atoms with Gasteiger partial charge in [0.25, 0.3) is 5.91 Å². The van der Waals surface area contributed by atoms with E-state index in [4.69, 9.17) is 0 Å². The van der Waals surface area contributed by atoms with Gasteiger partial charge in [0.2, 0.25) is 5.91 Å². The van der Waals surface area contributed by atoms with Crippen LogP contribution in [0.1, 0.15) is 16.8 Å². The van der Waals surface area contributed by atoms with E-state index in [-0.39, 0.29) is 18.4 Å². The predicted octanol–water partition coefficient (Wildman–Crippen LogP) is 2.36. The van der Waals surface area contributed by atoms with Crippen LogP contribution in [0.2, 0.25) is 0 Å². The van der Waals surface area contributed by atoms with Gasteiger partial charge in [-0.1, -0.05) is 30.3 Å². The quantitative estimate of drug-likeness (QED) is 0.685. The second-order valence-electron chi connectivity index (χ2n) is 8.00. The Labute approximate surface area is 174 Å². The molecule has 1 N–H and O–H groups in total. The van der Waals surface area contributed by atoms with Crippen molar-refractivity contribution >= 4 is 34.6 Å². The number of aromatic amines is 1. The lowest BCUT2D eigenvalue weighted by atomic mass is 9.94. The van der Waals surface area contributed by atoms with E-state index in [0.29, 0.717) is 13.0 Å². The van der Waals surface area contributed by atoms with E-state index in [1.807, 2.05) is 61.5 Å². The fourth-order valence-corrected chi connectivity index (χ4v) is 4.25. The van der Waals surface area contributed by atoms with Crippen LogP contribution in [-0.2, 0) is 22.6 Å². The molecule has 3 heterocycles. The van der Waals surface area contributed by atoms with Gasteiger partial charge in [-0.15, -0.1) is 0 Å². The monoisotopic (exact) mass is 401 g/mol. The first kappa shape index (κ1) is 18.4. The smallest absolute Gasteiger partial charge is 0.266 e. The molecule has 1 fully saturated rings. The third-order valence-electron chi connectivity index (χ3n) is 5.90. The van der Waals surface area contributed by atoms with E-state index in [9.17, 15) is 9.59 Å². The highest BCUT2D eigenvalue weighted by Gasteiger charge is 2.43. The molecule has 2 aliphatic heterocycles. The van der Waals surface area contributed by atoms with E-state index in [1.54, 1.807) is 11.1 Å². The Morgan fingerprint density at radius 3 is 2.60 bits per heavy atom. The molecule has 1 atom stereocenters. The maximum absolute atomic E-state index is 13.1. The fourth-order valence-electron chi connectivity index (χ4n) is 4.25. The van der Waals surface area contributed by atoms with Crippen molar-refractivity contribution in [1.29, 1.82) is 0 Å². The van der Waals surface area contributed by atoms with Crippen molar-refractivity contribution in [3.05, 3.63) is 65.4 Å². The lowest BCUT2D eigenvalue weighted by Crippen LogP contribution is -2.60. The summed E-state index contributed by atoms with van der Waals surface area (Å²) in [4.78, 5) is 33.0. The first-order valence-electron chi connectivity index (χ1n) is 10.0. The van der Waals surface area contributed by atoms with Gasteiger partial charge in [0.1, 0.15) is 12.6 Å². The van der Waals surface area contributed by atoms with Crippen LogP contribution in [0.4, 0.5) is 5.69 Å². The molecule has 152 valence electrons. The number of nitrogens with zero attached hydrogens (tertiary/aromatic N) is 4. The number of amides is 2. The van der Waals surface area contributed by atoms with Crippen molar-refractivity contribution in [1.82, 2.24) is 14.9 Å². The van der Waals surface area contributed by atoms with Crippen molar-refractivity contribution < 1.29 is 9.59 Å². The number of H-pyrrole nitrogens is 1. The van der Waals surface area contributed by atoms with Crippen LogP contribution < -0.4 is 4.90 Å². The van der Waals surface area contributed by atoms with Crippen molar-refractivity contribution in [3.8, 4) is 0 Å². The normalized spacial score (nSPS) is 18.8. The third-order valence-corrected chi connectivity index (χ3v) is 5.90. The zero-order valence-electron chi connectivity index (χ0n) is 17.0. The van der Waals surface area contributed by atoms with Gasteiger partial charge in [-0.05, 0) is 29.3 Å². The maximum atomic E-state index is 13.1. The highest BCUT2D eigenvalue weighted by molar-refractivity contribution is 5.97. The predicted molar refractivity (Wildman–Crippen MR) is 116 cm³/mol. The number of hydrogen-bond donors (Lipinski definition) is 1. The van der Waals surface area contributed by atoms with Crippen molar-refractivity contribution in [2.45, 2.75) is 19.0 Å². The van der Waals surface area contributed by atoms with Crippen LogP contribution in [0.25, 0.3) is 10.9 Å². The molecule has 0 unspecified atom stereocenters. The third kappa shape index (κ3) is 3.03. The number of aromatic nitrogens is 1.